The molecular formula is C15H18N2O2. The normalized spacial score (nSPS) is 10.3. The molecule has 0 radical (unpaired) electrons. The molecule has 0 atom stereocenters. The van der Waals surface area contributed by atoms with Gasteiger partial charge < -0.3 is 15.2 Å². The van der Waals surface area contributed by atoms with Crippen molar-refractivity contribution in [2.45, 2.75) is 19.9 Å². The van der Waals surface area contributed by atoms with E-state index in [1.807, 2.05) is 24.3 Å². The number of pyridine rings is 1. The van der Waals surface area contributed by atoms with Gasteiger partial charge in [0.1, 0.15) is 5.75 Å². The van der Waals surface area contributed by atoms with Gasteiger partial charge in [0.05, 0.1) is 12.8 Å². The topological polar surface area (TPSA) is 57.4 Å². The molecule has 0 aliphatic rings. The van der Waals surface area contributed by atoms with Crippen LogP contribution in [0.4, 0.5) is 0 Å². The largest absolute Gasteiger partial charge is 0.493 e. The van der Waals surface area contributed by atoms with Gasteiger partial charge in [-0.05, 0) is 30.2 Å². The zero-order chi connectivity index (χ0) is 13.7. The first-order valence-electron chi connectivity index (χ1n) is 6.26. The maximum atomic E-state index is 5.82. The maximum absolute atomic E-state index is 5.82. The molecule has 4 nitrogen and oxygen atoms in total. The Morgan fingerprint density at radius 3 is 2.68 bits per heavy atom. The summed E-state index contributed by atoms with van der Waals surface area (Å²) in [5.74, 6) is 2.12. The van der Waals surface area contributed by atoms with Gasteiger partial charge >= 0.3 is 0 Å². The molecule has 0 saturated carbocycles. The highest BCUT2D eigenvalue weighted by atomic mass is 16.5. The highest BCUT2D eigenvalue weighted by Gasteiger charge is 2.07. The summed E-state index contributed by atoms with van der Waals surface area (Å²) in [4.78, 5) is 4.13. The van der Waals surface area contributed by atoms with E-state index in [4.69, 9.17) is 15.2 Å². The fourth-order valence-corrected chi connectivity index (χ4v) is 1.77. The Hall–Kier alpha value is -2.07. The summed E-state index contributed by atoms with van der Waals surface area (Å²) in [7, 11) is 1.64. The Morgan fingerprint density at radius 1 is 1.16 bits per heavy atom. The second-order valence-electron chi connectivity index (χ2n) is 4.13. The smallest absolute Gasteiger partial charge is 0.169 e. The number of benzene rings is 1. The molecule has 0 saturated heterocycles. The van der Waals surface area contributed by atoms with Crippen LogP contribution in [0.5, 0.6) is 17.2 Å². The van der Waals surface area contributed by atoms with Crippen molar-refractivity contribution in [1.82, 2.24) is 4.98 Å². The molecule has 2 rings (SSSR count). The van der Waals surface area contributed by atoms with Gasteiger partial charge in [0.2, 0.25) is 0 Å². The van der Waals surface area contributed by atoms with Crippen LogP contribution in [0.3, 0.4) is 0 Å². The fourth-order valence-electron chi connectivity index (χ4n) is 1.77. The average molecular weight is 258 g/mol. The first kappa shape index (κ1) is 13.4. The average Bonchev–Trinajstić information content (AvgIpc) is 2.48. The van der Waals surface area contributed by atoms with Crippen molar-refractivity contribution in [3.63, 3.8) is 0 Å². The molecule has 0 bridgehead atoms. The van der Waals surface area contributed by atoms with E-state index >= 15 is 0 Å². The highest BCUT2D eigenvalue weighted by Crippen LogP contribution is 2.32. The summed E-state index contributed by atoms with van der Waals surface area (Å²) in [5, 5.41) is 0. The molecular weight excluding hydrogens is 240 g/mol. The maximum Gasteiger partial charge on any atom is 0.169 e. The van der Waals surface area contributed by atoms with Crippen molar-refractivity contribution in [2.75, 3.05) is 7.11 Å². The third-order valence-corrected chi connectivity index (χ3v) is 2.86. The number of hydrogen-bond acceptors (Lipinski definition) is 4. The number of rotatable bonds is 5. The molecule has 0 aliphatic carbocycles. The minimum Gasteiger partial charge on any atom is -0.493 e. The lowest BCUT2D eigenvalue weighted by molar-refractivity contribution is 0.378. The Bertz CT molecular complexity index is 556. The monoisotopic (exact) mass is 258 g/mol. The first-order valence-corrected chi connectivity index (χ1v) is 6.26. The Labute approximate surface area is 113 Å². The molecule has 2 N–H and O–H groups in total. The van der Waals surface area contributed by atoms with Crippen molar-refractivity contribution in [2.24, 2.45) is 5.73 Å². The molecule has 0 spiro atoms. The van der Waals surface area contributed by atoms with Crippen LogP contribution >= 0.6 is 0 Å². The summed E-state index contributed by atoms with van der Waals surface area (Å²) >= 11 is 0. The lowest BCUT2D eigenvalue weighted by Crippen LogP contribution is -1.99. The summed E-state index contributed by atoms with van der Waals surface area (Å²) in [6.07, 6.45) is 2.65. The Kier molecular flexibility index (Phi) is 4.36. The van der Waals surface area contributed by atoms with E-state index in [9.17, 15) is 0 Å². The van der Waals surface area contributed by atoms with Crippen LogP contribution in [-0.2, 0) is 13.0 Å². The van der Waals surface area contributed by atoms with E-state index in [0.29, 0.717) is 18.0 Å². The summed E-state index contributed by atoms with van der Waals surface area (Å²) < 4.78 is 11.2. The number of aromatic nitrogens is 1. The van der Waals surface area contributed by atoms with Crippen LogP contribution in [0, 0.1) is 0 Å². The SMILES string of the molecule is CCc1ccc(Oc2ccnc(CN)c2)c(OC)c1. The molecule has 0 unspecified atom stereocenters. The van der Waals surface area contributed by atoms with E-state index in [-0.39, 0.29) is 0 Å². The molecule has 100 valence electrons. The molecule has 19 heavy (non-hydrogen) atoms. The van der Waals surface area contributed by atoms with Crippen molar-refractivity contribution in [1.29, 1.82) is 0 Å². The predicted octanol–water partition coefficient (Wildman–Crippen LogP) is 2.90. The number of hydrogen-bond donors (Lipinski definition) is 1. The van der Waals surface area contributed by atoms with Gasteiger partial charge in [-0.25, -0.2) is 0 Å². The van der Waals surface area contributed by atoms with E-state index in [1.54, 1.807) is 19.4 Å². The minimum atomic E-state index is 0.392. The standard InChI is InChI=1S/C15H18N2O2/c1-3-11-4-5-14(15(8-11)18-2)19-13-6-7-17-12(9-13)10-16/h4-9H,3,10,16H2,1-2H3. The zero-order valence-corrected chi connectivity index (χ0v) is 11.2. The van der Waals surface area contributed by atoms with Crippen molar-refractivity contribution in [3.8, 4) is 17.2 Å². The molecule has 1 aromatic carbocycles. The Morgan fingerprint density at radius 2 is 2.00 bits per heavy atom. The summed E-state index contributed by atoms with van der Waals surface area (Å²) in [6.45, 7) is 2.49. The third kappa shape index (κ3) is 3.23. The fraction of sp³-hybridized carbons (Fsp3) is 0.267. The predicted molar refractivity (Wildman–Crippen MR) is 74.6 cm³/mol. The van der Waals surface area contributed by atoms with Gasteiger partial charge in [0.15, 0.2) is 11.5 Å². The molecule has 2 aromatic rings. The molecule has 0 fully saturated rings. The lowest BCUT2D eigenvalue weighted by atomic mass is 10.1. The number of nitrogens with two attached hydrogens (primary N) is 1. The summed E-state index contributed by atoms with van der Waals surface area (Å²) in [6, 6.07) is 9.56. The molecule has 1 heterocycles. The van der Waals surface area contributed by atoms with Gasteiger partial charge in [-0.15, -0.1) is 0 Å². The number of nitrogens with zero attached hydrogens (tertiary/aromatic N) is 1. The third-order valence-electron chi connectivity index (χ3n) is 2.86. The summed E-state index contributed by atoms with van der Waals surface area (Å²) in [5.41, 5.74) is 7.57. The number of methoxy groups -OCH3 is 1. The number of ether oxygens (including phenoxy) is 2. The second-order valence-corrected chi connectivity index (χ2v) is 4.13. The van der Waals surface area contributed by atoms with Crippen LogP contribution in [-0.4, -0.2) is 12.1 Å². The van der Waals surface area contributed by atoms with E-state index in [0.717, 1.165) is 17.9 Å². The van der Waals surface area contributed by atoms with E-state index in [2.05, 4.69) is 11.9 Å². The zero-order valence-electron chi connectivity index (χ0n) is 11.2. The van der Waals surface area contributed by atoms with Crippen molar-refractivity contribution >= 4 is 0 Å². The molecule has 0 aliphatic heterocycles. The van der Waals surface area contributed by atoms with Gasteiger partial charge in [-0.1, -0.05) is 13.0 Å². The Balaban J connectivity index is 2.26. The molecule has 4 heteroatoms. The van der Waals surface area contributed by atoms with Crippen LogP contribution < -0.4 is 15.2 Å². The molecule has 1 aromatic heterocycles. The van der Waals surface area contributed by atoms with Crippen LogP contribution in [0.1, 0.15) is 18.2 Å². The second kappa shape index (κ2) is 6.20. The van der Waals surface area contributed by atoms with E-state index in [1.165, 1.54) is 5.56 Å². The van der Waals surface area contributed by atoms with E-state index < -0.39 is 0 Å². The minimum absolute atomic E-state index is 0.392. The van der Waals surface area contributed by atoms with Crippen molar-refractivity contribution in [3.05, 3.63) is 47.8 Å². The van der Waals surface area contributed by atoms with Crippen LogP contribution in [0.15, 0.2) is 36.5 Å². The first-order chi connectivity index (χ1) is 9.26. The lowest BCUT2D eigenvalue weighted by Gasteiger charge is -2.11. The highest BCUT2D eigenvalue weighted by molar-refractivity contribution is 5.45. The van der Waals surface area contributed by atoms with Crippen LogP contribution in [0.25, 0.3) is 0 Å². The van der Waals surface area contributed by atoms with Gasteiger partial charge in [-0.3, -0.25) is 4.98 Å². The van der Waals surface area contributed by atoms with Gasteiger partial charge in [0, 0.05) is 18.8 Å². The number of aryl methyl sites for hydroxylation is 1. The van der Waals surface area contributed by atoms with Crippen LogP contribution in [0.2, 0.25) is 0 Å². The van der Waals surface area contributed by atoms with Crippen molar-refractivity contribution < 1.29 is 9.47 Å². The molecule has 0 amide bonds. The van der Waals surface area contributed by atoms with Gasteiger partial charge in [-0.2, -0.15) is 0 Å². The quantitative estimate of drug-likeness (QED) is 0.895. The van der Waals surface area contributed by atoms with Gasteiger partial charge in [0.25, 0.3) is 0 Å².